The van der Waals surface area contributed by atoms with Crippen molar-refractivity contribution in [3.63, 3.8) is 0 Å². The van der Waals surface area contributed by atoms with Crippen LogP contribution in [-0.4, -0.2) is 229 Å². The number of hydrogen-bond donors (Lipinski definition) is 13. The average molecular weight is 1240 g/mol. The monoisotopic (exact) mass is 1240 g/mol. The van der Waals surface area contributed by atoms with Crippen LogP contribution in [-0.2, 0) is 33.5 Å². The number of nitrogens with one attached hydrogen (secondary N) is 5. The van der Waals surface area contributed by atoms with Crippen molar-refractivity contribution in [1.29, 1.82) is 0 Å². The molecular formula is C63H84FN8O17+. The van der Waals surface area contributed by atoms with Crippen LogP contribution >= 0.6 is 0 Å². The molecule has 7 rings (SSSR count). The summed E-state index contributed by atoms with van der Waals surface area (Å²) in [6.07, 6.45) is -13.1. The molecule has 0 aliphatic carbocycles. The van der Waals surface area contributed by atoms with Gasteiger partial charge in [0.15, 0.2) is 6.23 Å². The van der Waals surface area contributed by atoms with Gasteiger partial charge in [-0.3, -0.25) is 33.6 Å². The van der Waals surface area contributed by atoms with E-state index in [-0.39, 0.29) is 41.1 Å². The Morgan fingerprint density at radius 2 is 1.21 bits per heavy atom. The largest absolute Gasteiger partial charge is 0.508 e. The van der Waals surface area contributed by atoms with Gasteiger partial charge < -0.3 is 91.2 Å². The molecule has 0 bridgehead atoms. The number of quaternary nitrogens is 1. The molecule has 26 heteroatoms. The summed E-state index contributed by atoms with van der Waals surface area (Å²) in [5.74, 6) is -8.58. The van der Waals surface area contributed by atoms with Crippen molar-refractivity contribution >= 4 is 41.4 Å². The molecule has 13 N–H and O–H groups in total. The quantitative estimate of drug-likeness (QED) is 0.0336. The van der Waals surface area contributed by atoms with Gasteiger partial charge in [0.05, 0.1) is 51.7 Å². The summed E-state index contributed by atoms with van der Waals surface area (Å²) < 4.78 is 25.7. The molecule has 0 spiro atoms. The molecule has 3 heterocycles. The number of rotatable bonds is 19. The number of nitrogens with zero attached hydrogens (tertiary/aromatic N) is 3. The number of aliphatic hydroxyl groups is 7. The summed E-state index contributed by atoms with van der Waals surface area (Å²) in [6.45, 7) is 4.19. The van der Waals surface area contributed by atoms with Crippen molar-refractivity contribution in [3.8, 4) is 33.8 Å². The van der Waals surface area contributed by atoms with Crippen LogP contribution in [0.4, 0.5) is 4.39 Å². The summed E-state index contributed by atoms with van der Waals surface area (Å²) in [5, 5.41) is 102. The van der Waals surface area contributed by atoms with E-state index >= 15 is 0 Å². The molecule has 0 unspecified atom stereocenters. The minimum atomic E-state index is -2.31. The number of likely N-dealkylation sites (N-methyl/N-ethyl adjacent to an activating group) is 1. The number of alkyl halides is 1. The summed E-state index contributed by atoms with van der Waals surface area (Å²) in [7, 11) is 3.04. The minimum Gasteiger partial charge on any atom is -0.508 e. The highest BCUT2D eigenvalue weighted by Gasteiger charge is 2.50. The molecule has 3 aliphatic rings. The first kappa shape index (κ1) is 68.8. The lowest BCUT2D eigenvalue weighted by Gasteiger charge is -2.34. The molecule has 0 aromatic heterocycles. The third-order valence-electron chi connectivity index (χ3n) is 16.3. The van der Waals surface area contributed by atoms with Gasteiger partial charge in [-0.2, -0.15) is 4.39 Å². The zero-order valence-corrected chi connectivity index (χ0v) is 50.6. The van der Waals surface area contributed by atoms with E-state index in [9.17, 15) is 78.8 Å². The number of carbonyl (C=O) groups excluding carboxylic acids is 7. The van der Waals surface area contributed by atoms with E-state index in [4.69, 9.17) is 9.47 Å². The van der Waals surface area contributed by atoms with E-state index in [1.807, 2.05) is 48.5 Å². The Morgan fingerprint density at radius 1 is 0.674 bits per heavy atom. The summed E-state index contributed by atoms with van der Waals surface area (Å²) in [5.41, 5.74) is 3.36. The van der Waals surface area contributed by atoms with Crippen molar-refractivity contribution in [2.45, 2.75) is 145 Å². The maximum absolute atomic E-state index is 14.8. The van der Waals surface area contributed by atoms with Crippen molar-refractivity contribution < 1.29 is 92.8 Å². The van der Waals surface area contributed by atoms with Crippen molar-refractivity contribution in [2.75, 3.05) is 53.7 Å². The molecule has 3 aliphatic heterocycles. The lowest BCUT2D eigenvalue weighted by molar-refractivity contribution is -0.903. The van der Waals surface area contributed by atoms with Crippen LogP contribution in [0.25, 0.3) is 22.3 Å². The molecule has 0 saturated carbocycles. The number of unbranched alkanes of at least 4 members (excludes halogenated alkanes) is 2. The van der Waals surface area contributed by atoms with E-state index < -0.39 is 159 Å². The SMILES string of the molecule is CCCCCOc1ccc(-c2ccc(-c3ccc(C(=O)N[C@H]4C[C@@H](O)[C@@H](OCC[N+](C)(C)CF)NC(=O)[C@@H]5[C@@H](O)[C@@H](C)CN5C(=O)[C@H]([C@@H](C)O)NC(=O)[C@H]([C@H](O)[C@@H](O)c5ccc(O)cc5)NC(=O)[C@@H]5C[C@@H](O)CN5C(=O)[C@H]([C@@H](C)O)NC4=O)cc3)cc2)cc1. The summed E-state index contributed by atoms with van der Waals surface area (Å²) in [6, 6.07) is 14.8. The van der Waals surface area contributed by atoms with Crippen LogP contribution in [0.15, 0.2) is 97.1 Å². The Morgan fingerprint density at radius 3 is 1.78 bits per heavy atom. The number of aromatic hydroxyl groups is 1. The smallest absolute Gasteiger partial charge is 0.251 e. The second-order valence-corrected chi connectivity index (χ2v) is 23.9. The zero-order chi connectivity index (χ0) is 65.0. The van der Waals surface area contributed by atoms with Crippen molar-refractivity contribution in [1.82, 2.24) is 36.4 Å². The highest BCUT2D eigenvalue weighted by atomic mass is 19.1. The van der Waals surface area contributed by atoms with Gasteiger partial charge in [0, 0.05) is 37.4 Å². The number of aliphatic hydroxyl groups excluding tert-OH is 7. The fourth-order valence-corrected chi connectivity index (χ4v) is 10.8. The van der Waals surface area contributed by atoms with Crippen LogP contribution in [0.3, 0.4) is 0 Å². The van der Waals surface area contributed by atoms with Gasteiger partial charge in [-0.05, 0) is 84.5 Å². The fourth-order valence-electron chi connectivity index (χ4n) is 10.8. The normalized spacial score (nSPS) is 26.5. The van der Waals surface area contributed by atoms with Gasteiger partial charge in [0.1, 0.15) is 72.6 Å². The van der Waals surface area contributed by atoms with Crippen LogP contribution in [0, 0.1) is 5.92 Å². The molecule has 25 nitrogen and oxygen atoms in total. The van der Waals surface area contributed by atoms with E-state index in [0.29, 0.717) is 12.2 Å². The summed E-state index contributed by atoms with van der Waals surface area (Å²) >= 11 is 0. The van der Waals surface area contributed by atoms with Gasteiger partial charge in [-0.1, -0.05) is 87.4 Å². The first-order chi connectivity index (χ1) is 42.2. The van der Waals surface area contributed by atoms with E-state index in [0.717, 1.165) is 77.5 Å². The standard InChI is InChI=1S/C63H83FN8O17/c1-7-8-9-27-88-45-24-20-40(21-25-45)38-12-10-37(11-13-38)39-14-16-42(17-15-39)56(81)65-46-30-48(77)61(89-28-26-72(5,6)33-64)69-60(85)52-53(78)34(2)31-71(52)63(87)50(36(4)74)67-59(84)51(55(80)54(79)41-18-22-43(75)23-19-41)68-58(83)47-29-44(76)32-70(47)62(86)49(35(3)73)66-57(46)82/h10-25,34-36,44,46-55,61,73-74,76-80H,7-9,26-33H2,1-6H3,(H5-,65,66,67,68,69,75,81,82,83,84,85)/p+1/t34-,35+,36+,44+,46-,47-,48+,49-,50-,51-,52-,53-,54-,55-,61+/m0/s1. The average Bonchev–Trinajstić information content (AvgIpc) is 4.07. The third kappa shape index (κ3) is 17.4. The Bertz CT molecular complexity index is 3070. The minimum absolute atomic E-state index is 0.0130. The second-order valence-electron chi connectivity index (χ2n) is 23.9. The van der Waals surface area contributed by atoms with E-state index in [1.165, 1.54) is 45.3 Å². The maximum atomic E-state index is 14.8. The van der Waals surface area contributed by atoms with Gasteiger partial charge in [-0.25, -0.2) is 0 Å². The third-order valence-corrected chi connectivity index (χ3v) is 16.3. The number of amides is 7. The lowest BCUT2D eigenvalue weighted by Crippen LogP contribution is -2.64. The first-order valence-corrected chi connectivity index (χ1v) is 29.8. The van der Waals surface area contributed by atoms with Crippen LogP contribution < -0.4 is 31.3 Å². The maximum Gasteiger partial charge on any atom is 0.251 e. The number of phenols is 1. The predicted octanol–water partition coefficient (Wildman–Crippen LogP) is 0.101. The van der Waals surface area contributed by atoms with Gasteiger partial charge in [0.25, 0.3) is 5.91 Å². The number of hydrogen-bond acceptors (Lipinski definition) is 17. The summed E-state index contributed by atoms with van der Waals surface area (Å²) in [4.78, 5) is 104. The fraction of sp³-hybridized carbons (Fsp3) is 0.508. The molecule has 3 saturated heterocycles. The number of ether oxygens (including phenoxy) is 2. The molecule has 7 amide bonds. The highest BCUT2D eigenvalue weighted by Crippen LogP contribution is 2.30. The molecule has 4 aromatic carbocycles. The molecule has 89 heavy (non-hydrogen) atoms. The van der Waals surface area contributed by atoms with Gasteiger partial charge >= 0.3 is 0 Å². The van der Waals surface area contributed by atoms with Gasteiger partial charge in [0.2, 0.25) is 42.2 Å². The molecule has 484 valence electrons. The molecule has 15 atom stereocenters. The Labute approximate surface area is 515 Å². The number of carbonyl (C=O) groups is 7. The van der Waals surface area contributed by atoms with E-state index in [1.54, 1.807) is 12.1 Å². The van der Waals surface area contributed by atoms with Gasteiger partial charge in [-0.15, -0.1) is 0 Å². The van der Waals surface area contributed by atoms with Crippen LogP contribution in [0.5, 0.6) is 11.5 Å². The number of phenolic OH excluding ortho intramolecular Hbond substituents is 1. The molecule has 3 fully saturated rings. The lowest BCUT2D eigenvalue weighted by atomic mass is 9.96. The number of halogens is 1. The Kier molecular flexibility index (Phi) is 23.7. The van der Waals surface area contributed by atoms with Crippen LogP contribution in [0.2, 0.25) is 0 Å². The van der Waals surface area contributed by atoms with Crippen LogP contribution in [0.1, 0.15) is 81.8 Å². The Balaban J connectivity index is 1.24. The number of fused-ring (bicyclic) bond motifs is 2. The molecular weight excluding hydrogens is 1160 g/mol. The number of benzene rings is 4. The first-order valence-electron chi connectivity index (χ1n) is 29.8. The second kappa shape index (κ2) is 30.7. The topological polar surface area (TPSA) is 366 Å². The molecule has 0 radical (unpaired) electrons. The predicted molar refractivity (Wildman–Crippen MR) is 320 cm³/mol. The van der Waals surface area contributed by atoms with Crippen molar-refractivity contribution in [3.05, 3.63) is 108 Å². The van der Waals surface area contributed by atoms with E-state index in [2.05, 4.69) is 33.5 Å². The highest BCUT2D eigenvalue weighted by molar-refractivity contribution is 6.00. The zero-order valence-electron chi connectivity index (χ0n) is 50.6. The molecule has 4 aromatic rings. The van der Waals surface area contributed by atoms with Crippen molar-refractivity contribution in [2.24, 2.45) is 5.92 Å². The Hall–Kier alpha value is -7.66.